The van der Waals surface area contributed by atoms with Crippen molar-refractivity contribution in [1.29, 1.82) is 0 Å². The average molecular weight is 343 g/mol. The van der Waals surface area contributed by atoms with Crippen LogP contribution in [0.2, 0.25) is 0 Å². The van der Waals surface area contributed by atoms with Crippen LogP contribution in [0.3, 0.4) is 0 Å². The molecular weight excluding hydrogens is 308 g/mol. The number of hydrazine groups is 1. The third kappa shape index (κ3) is 5.91. The summed E-state index contributed by atoms with van der Waals surface area (Å²) in [5.74, 6) is 0.0186. The third-order valence-corrected chi connectivity index (χ3v) is 5.16. The highest BCUT2D eigenvalue weighted by atomic mass is 16.2. The van der Waals surface area contributed by atoms with Gasteiger partial charge in [-0.2, -0.15) is 0 Å². The molecule has 0 bridgehead atoms. The predicted octanol–water partition coefficient (Wildman–Crippen LogP) is 5.37. The van der Waals surface area contributed by atoms with Gasteiger partial charge in [-0.25, -0.2) is 0 Å². The zero-order valence-corrected chi connectivity index (χ0v) is 16.2. The van der Waals surface area contributed by atoms with E-state index in [1.807, 2.05) is 13.8 Å². The fourth-order valence-electron chi connectivity index (χ4n) is 3.19. The summed E-state index contributed by atoms with van der Waals surface area (Å²) in [5.41, 5.74) is 8.65. The van der Waals surface area contributed by atoms with Crippen molar-refractivity contribution in [2.75, 3.05) is 0 Å². The molecule has 0 radical (unpaired) electrons. The summed E-state index contributed by atoms with van der Waals surface area (Å²) in [5, 5.41) is 0. The van der Waals surface area contributed by atoms with Crippen molar-refractivity contribution in [3.8, 4) is 0 Å². The molecule has 3 nitrogen and oxygen atoms in total. The van der Waals surface area contributed by atoms with Crippen LogP contribution < -0.4 is 10.9 Å². The van der Waals surface area contributed by atoms with Gasteiger partial charge in [0.15, 0.2) is 0 Å². The van der Waals surface area contributed by atoms with Gasteiger partial charge in [-0.15, -0.1) is 0 Å². The van der Waals surface area contributed by atoms with E-state index in [1.165, 1.54) is 56.9 Å². The molecular formula is C22H34N2O. The van der Waals surface area contributed by atoms with Gasteiger partial charge in [0, 0.05) is 5.70 Å². The van der Waals surface area contributed by atoms with Crippen molar-refractivity contribution < 1.29 is 4.79 Å². The van der Waals surface area contributed by atoms with Crippen molar-refractivity contribution in [2.45, 2.75) is 78.6 Å². The summed E-state index contributed by atoms with van der Waals surface area (Å²) in [6, 6.07) is 8.72. The summed E-state index contributed by atoms with van der Waals surface area (Å²) in [4.78, 5) is 11.8. The van der Waals surface area contributed by atoms with E-state index in [2.05, 4.69) is 48.1 Å². The molecule has 0 aliphatic carbocycles. The molecule has 1 aliphatic heterocycles. The Hall–Kier alpha value is -1.77. The van der Waals surface area contributed by atoms with Gasteiger partial charge < -0.3 is 5.43 Å². The zero-order chi connectivity index (χ0) is 18.1. The maximum atomic E-state index is 11.8. The lowest BCUT2D eigenvalue weighted by molar-refractivity contribution is -0.125. The highest BCUT2D eigenvalue weighted by Crippen LogP contribution is 2.29. The minimum Gasteiger partial charge on any atom is -0.302 e. The lowest BCUT2D eigenvalue weighted by Crippen LogP contribution is -2.28. The van der Waals surface area contributed by atoms with Gasteiger partial charge in [0.2, 0.25) is 5.91 Å². The Labute approximate surface area is 153 Å². The first kappa shape index (κ1) is 19.6. The number of unbranched alkanes of at least 4 members (excludes halogenated alkanes) is 7. The number of hydrogen-bond acceptors (Lipinski definition) is 2. The van der Waals surface area contributed by atoms with E-state index >= 15 is 0 Å². The van der Waals surface area contributed by atoms with Crippen LogP contribution in [0.25, 0.3) is 6.08 Å². The molecule has 0 saturated carbocycles. The molecule has 1 heterocycles. The number of carbonyl (C=O) groups excluding carboxylic acids is 1. The van der Waals surface area contributed by atoms with Crippen LogP contribution in [0.5, 0.6) is 0 Å². The van der Waals surface area contributed by atoms with Crippen molar-refractivity contribution in [1.82, 2.24) is 10.9 Å². The smallest absolute Gasteiger partial charge is 0.249 e. The molecule has 1 fully saturated rings. The van der Waals surface area contributed by atoms with Gasteiger partial charge in [0.1, 0.15) is 0 Å². The molecule has 1 aromatic rings. The molecule has 25 heavy (non-hydrogen) atoms. The number of nitrogens with one attached hydrogen (secondary N) is 2. The SMILES string of the molecule is CCCCCCCCCCc1ccc(/C=C2\NNC(=O)C2(C)C)cc1. The maximum absolute atomic E-state index is 11.8. The molecule has 0 unspecified atom stereocenters. The predicted molar refractivity (Wildman–Crippen MR) is 106 cm³/mol. The number of amides is 1. The lowest BCUT2D eigenvalue weighted by atomic mass is 9.89. The van der Waals surface area contributed by atoms with Gasteiger partial charge in [0.25, 0.3) is 0 Å². The van der Waals surface area contributed by atoms with Crippen LogP contribution in [-0.4, -0.2) is 5.91 Å². The van der Waals surface area contributed by atoms with Crippen molar-refractivity contribution >= 4 is 12.0 Å². The van der Waals surface area contributed by atoms with Crippen molar-refractivity contribution in [3.05, 3.63) is 41.1 Å². The minimum absolute atomic E-state index is 0.0186. The van der Waals surface area contributed by atoms with Crippen molar-refractivity contribution in [3.63, 3.8) is 0 Å². The van der Waals surface area contributed by atoms with Gasteiger partial charge in [0.05, 0.1) is 5.41 Å². The Morgan fingerprint density at radius 2 is 1.48 bits per heavy atom. The molecule has 1 aliphatic rings. The summed E-state index contributed by atoms with van der Waals surface area (Å²) >= 11 is 0. The third-order valence-electron chi connectivity index (χ3n) is 5.16. The fraction of sp³-hybridized carbons (Fsp3) is 0.591. The topological polar surface area (TPSA) is 41.1 Å². The first-order chi connectivity index (χ1) is 12.0. The molecule has 1 aromatic carbocycles. The number of aryl methyl sites for hydroxylation is 1. The van der Waals surface area contributed by atoms with E-state index in [1.54, 1.807) is 0 Å². The lowest BCUT2D eigenvalue weighted by Gasteiger charge is -2.14. The monoisotopic (exact) mass is 342 g/mol. The van der Waals surface area contributed by atoms with Crippen LogP contribution >= 0.6 is 0 Å². The maximum Gasteiger partial charge on any atom is 0.249 e. The fourth-order valence-corrected chi connectivity index (χ4v) is 3.19. The number of hydrogen-bond donors (Lipinski definition) is 2. The summed E-state index contributed by atoms with van der Waals surface area (Å²) in [6.07, 6.45) is 14.1. The summed E-state index contributed by atoms with van der Waals surface area (Å²) < 4.78 is 0. The van der Waals surface area contributed by atoms with Gasteiger partial charge in [-0.1, -0.05) is 76.1 Å². The molecule has 1 amide bonds. The molecule has 138 valence electrons. The van der Waals surface area contributed by atoms with Gasteiger partial charge in [-0.3, -0.25) is 10.2 Å². The van der Waals surface area contributed by atoms with E-state index in [-0.39, 0.29) is 5.91 Å². The quantitative estimate of drug-likeness (QED) is 0.561. The number of benzene rings is 1. The molecule has 1 saturated heterocycles. The largest absolute Gasteiger partial charge is 0.302 e. The standard InChI is InChI=1S/C22H34N2O/c1-4-5-6-7-8-9-10-11-12-18-13-15-19(16-14-18)17-20-22(2,3)21(25)24-23-20/h13-17,23H,4-12H2,1-3H3,(H,24,25)/b20-17-. The Bertz CT molecular complexity index is 572. The first-order valence-corrected chi connectivity index (χ1v) is 9.91. The summed E-state index contributed by atoms with van der Waals surface area (Å²) in [7, 11) is 0. The van der Waals surface area contributed by atoms with Crippen LogP contribution in [-0.2, 0) is 11.2 Å². The van der Waals surface area contributed by atoms with Crippen LogP contribution in [0.4, 0.5) is 0 Å². The van der Waals surface area contributed by atoms with E-state index < -0.39 is 5.41 Å². The molecule has 3 heteroatoms. The van der Waals surface area contributed by atoms with E-state index in [0.717, 1.165) is 17.7 Å². The zero-order valence-electron chi connectivity index (χ0n) is 16.2. The number of carbonyl (C=O) groups is 1. The molecule has 2 rings (SSSR count). The second kappa shape index (κ2) is 9.65. The highest BCUT2D eigenvalue weighted by molar-refractivity contribution is 5.89. The van der Waals surface area contributed by atoms with Crippen molar-refractivity contribution in [2.24, 2.45) is 5.41 Å². The number of rotatable bonds is 10. The van der Waals surface area contributed by atoms with Crippen LogP contribution in [0.15, 0.2) is 30.0 Å². The molecule has 2 N–H and O–H groups in total. The highest BCUT2D eigenvalue weighted by Gasteiger charge is 2.37. The first-order valence-electron chi connectivity index (χ1n) is 9.91. The van der Waals surface area contributed by atoms with Gasteiger partial charge in [-0.05, 0) is 43.9 Å². The van der Waals surface area contributed by atoms with E-state index in [0.29, 0.717) is 0 Å². The second-order valence-electron chi connectivity index (χ2n) is 7.73. The Morgan fingerprint density at radius 1 is 0.880 bits per heavy atom. The molecule has 0 aromatic heterocycles. The Morgan fingerprint density at radius 3 is 2.04 bits per heavy atom. The second-order valence-corrected chi connectivity index (χ2v) is 7.73. The van der Waals surface area contributed by atoms with Gasteiger partial charge >= 0.3 is 0 Å². The average Bonchev–Trinajstić information content (AvgIpc) is 2.85. The minimum atomic E-state index is -0.490. The van der Waals surface area contributed by atoms with Crippen LogP contribution in [0.1, 0.15) is 83.3 Å². The summed E-state index contributed by atoms with van der Waals surface area (Å²) in [6.45, 7) is 6.14. The Kier molecular flexibility index (Phi) is 7.54. The molecule has 0 atom stereocenters. The Balaban J connectivity index is 1.73. The van der Waals surface area contributed by atoms with Crippen LogP contribution in [0, 0.1) is 5.41 Å². The normalized spacial score (nSPS) is 17.6. The molecule has 0 spiro atoms. The van der Waals surface area contributed by atoms with E-state index in [4.69, 9.17) is 0 Å². The van der Waals surface area contributed by atoms with E-state index in [9.17, 15) is 4.79 Å².